The Morgan fingerprint density at radius 2 is 2.00 bits per heavy atom. The predicted molar refractivity (Wildman–Crippen MR) is 50.9 cm³/mol. The number of hydrogen-bond acceptors (Lipinski definition) is 2. The fraction of sp³-hybridized carbons (Fsp3) is 0.889. The van der Waals surface area contributed by atoms with Crippen molar-refractivity contribution in [1.29, 1.82) is 0 Å². The second-order valence-corrected chi connectivity index (χ2v) is 2.14. The fourth-order valence-corrected chi connectivity index (χ4v) is 0.471. The Hall–Kier alpha value is -0.570. The molecule has 0 aromatic rings. The third-order valence-electron chi connectivity index (χ3n) is 1.07. The van der Waals surface area contributed by atoms with Crippen molar-refractivity contribution >= 4 is 5.91 Å². The minimum Gasteiger partial charge on any atom is -0.361 e. The summed E-state index contributed by atoms with van der Waals surface area (Å²) in [6.07, 6.45) is 2.18. The zero-order valence-corrected chi connectivity index (χ0v) is 8.64. The van der Waals surface area contributed by atoms with E-state index in [0.29, 0.717) is 6.73 Å². The third kappa shape index (κ3) is 16.2. The normalized spacial score (nSPS) is 8.33. The van der Waals surface area contributed by atoms with Gasteiger partial charge in [-0.05, 0) is 6.42 Å². The van der Waals surface area contributed by atoms with Crippen LogP contribution in [0.25, 0.3) is 0 Å². The number of nitrogens with one attached hydrogen (secondary N) is 1. The molecule has 3 heteroatoms. The summed E-state index contributed by atoms with van der Waals surface area (Å²) in [4.78, 5) is 10.3. The number of amides is 1. The van der Waals surface area contributed by atoms with Gasteiger partial charge in [-0.3, -0.25) is 4.79 Å². The van der Waals surface area contributed by atoms with Crippen molar-refractivity contribution in [3.05, 3.63) is 0 Å². The Balaban J connectivity index is 0. The molecule has 0 aromatic heterocycles. The highest BCUT2D eigenvalue weighted by atomic mass is 16.5. The number of hydrogen-bond donors (Lipinski definition) is 1. The van der Waals surface area contributed by atoms with E-state index in [1.807, 2.05) is 13.8 Å². The van der Waals surface area contributed by atoms with E-state index in [9.17, 15) is 4.79 Å². The van der Waals surface area contributed by atoms with Gasteiger partial charge in [-0.2, -0.15) is 0 Å². The van der Waals surface area contributed by atoms with Crippen LogP contribution in [-0.2, 0) is 9.53 Å². The van der Waals surface area contributed by atoms with E-state index >= 15 is 0 Å². The van der Waals surface area contributed by atoms with Crippen LogP contribution in [0.15, 0.2) is 0 Å². The Labute approximate surface area is 75.5 Å². The first-order valence-electron chi connectivity index (χ1n) is 4.59. The summed E-state index contributed by atoms with van der Waals surface area (Å²) >= 11 is 0. The van der Waals surface area contributed by atoms with E-state index in [2.05, 4.69) is 12.2 Å². The maximum absolute atomic E-state index is 10.3. The van der Waals surface area contributed by atoms with Crippen molar-refractivity contribution in [2.24, 2.45) is 0 Å². The Morgan fingerprint density at radius 3 is 2.42 bits per heavy atom. The molecular weight excluding hydrogens is 154 g/mol. The lowest BCUT2D eigenvalue weighted by atomic mass is 10.4. The summed E-state index contributed by atoms with van der Waals surface area (Å²) in [5.41, 5.74) is 0. The number of carbonyl (C=O) groups is 1. The molecule has 0 bridgehead atoms. The second-order valence-electron chi connectivity index (χ2n) is 2.14. The van der Waals surface area contributed by atoms with Crippen LogP contribution in [-0.4, -0.2) is 19.2 Å². The maximum Gasteiger partial charge on any atom is 0.218 e. The average molecular weight is 175 g/mol. The molecule has 0 saturated heterocycles. The van der Waals surface area contributed by atoms with Gasteiger partial charge in [-0.15, -0.1) is 0 Å². The van der Waals surface area contributed by atoms with Gasteiger partial charge in [-0.25, -0.2) is 0 Å². The van der Waals surface area contributed by atoms with Gasteiger partial charge in [0, 0.05) is 13.5 Å². The minimum atomic E-state index is -0.0449. The van der Waals surface area contributed by atoms with Gasteiger partial charge in [0.2, 0.25) is 5.91 Å². The van der Waals surface area contributed by atoms with Crippen LogP contribution in [0.4, 0.5) is 0 Å². The highest BCUT2D eigenvalue weighted by molar-refractivity contribution is 5.72. The first-order chi connectivity index (χ1) is 5.77. The topological polar surface area (TPSA) is 38.3 Å². The minimum absolute atomic E-state index is 0.0449. The Morgan fingerprint density at radius 1 is 1.42 bits per heavy atom. The largest absolute Gasteiger partial charge is 0.361 e. The van der Waals surface area contributed by atoms with Crippen molar-refractivity contribution in [3.8, 4) is 0 Å². The lowest BCUT2D eigenvalue weighted by Crippen LogP contribution is -2.23. The molecule has 1 amide bonds. The highest BCUT2D eigenvalue weighted by Gasteiger charge is 1.88. The van der Waals surface area contributed by atoms with E-state index in [-0.39, 0.29) is 5.91 Å². The molecule has 0 aliphatic rings. The van der Waals surface area contributed by atoms with Gasteiger partial charge in [0.05, 0.1) is 0 Å². The van der Waals surface area contributed by atoms with E-state index in [4.69, 9.17) is 4.74 Å². The van der Waals surface area contributed by atoms with E-state index in [1.54, 1.807) is 0 Å². The molecule has 3 nitrogen and oxygen atoms in total. The molecule has 0 heterocycles. The van der Waals surface area contributed by atoms with Gasteiger partial charge in [-0.1, -0.05) is 27.2 Å². The quantitative estimate of drug-likeness (QED) is 0.512. The second kappa shape index (κ2) is 13.1. The summed E-state index contributed by atoms with van der Waals surface area (Å²) in [5.74, 6) is -0.0449. The summed E-state index contributed by atoms with van der Waals surface area (Å²) < 4.78 is 5.05. The van der Waals surface area contributed by atoms with E-state index in [0.717, 1.165) is 19.4 Å². The Bertz CT molecular complexity index is 94.5. The lowest BCUT2D eigenvalue weighted by molar-refractivity contribution is -0.120. The van der Waals surface area contributed by atoms with Crippen molar-refractivity contribution in [3.63, 3.8) is 0 Å². The number of ether oxygens (including phenoxy) is 1. The molecular formula is C9H21NO2. The first kappa shape index (κ1) is 14.0. The SMILES string of the molecule is CC.CCCCOCNC(C)=O. The number of carbonyl (C=O) groups excluding carboxylic acids is 1. The van der Waals surface area contributed by atoms with Crippen LogP contribution >= 0.6 is 0 Å². The smallest absolute Gasteiger partial charge is 0.218 e. The molecule has 0 rings (SSSR count). The molecule has 0 radical (unpaired) electrons. The maximum atomic E-state index is 10.3. The molecule has 0 aliphatic carbocycles. The van der Waals surface area contributed by atoms with Crippen LogP contribution < -0.4 is 5.32 Å². The predicted octanol–water partition coefficient (Wildman–Crippen LogP) is 1.92. The van der Waals surface area contributed by atoms with Crippen LogP contribution in [0, 0.1) is 0 Å². The first-order valence-corrected chi connectivity index (χ1v) is 4.59. The van der Waals surface area contributed by atoms with E-state index in [1.165, 1.54) is 6.92 Å². The standard InChI is InChI=1S/C7H15NO2.C2H6/c1-3-4-5-10-6-8-7(2)9;1-2/h3-6H2,1-2H3,(H,8,9);1-2H3. The van der Waals surface area contributed by atoms with Crippen molar-refractivity contribution < 1.29 is 9.53 Å². The molecule has 0 spiro atoms. The summed E-state index contributed by atoms with van der Waals surface area (Å²) in [5, 5.41) is 2.54. The Kier molecular flexibility index (Phi) is 15.2. The van der Waals surface area contributed by atoms with Gasteiger partial charge in [0.25, 0.3) is 0 Å². The van der Waals surface area contributed by atoms with Gasteiger partial charge in [0.15, 0.2) is 0 Å². The highest BCUT2D eigenvalue weighted by Crippen LogP contribution is 1.85. The van der Waals surface area contributed by atoms with Crippen LogP contribution in [0.5, 0.6) is 0 Å². The zero-order chi connectivity index (χ0) is 9.82. The number of rotatable bonds is 5. The monoisotopic (exact) mass is 175 g/mol. The molecule has 0 aliphatic heterocycles. The van der Waals surface area contributed by atoms with Crippen molar-refractivity contribution in [1.82, 2.24) is 5.32 Å². The van der Waals surface area contributed by atoms with Crippen LogP contribution in [0.3, 0.4) is 0 Å². The van der Waals surface area contributed by atoms with Crippen molar-refractivity contribution in [2.75, 3.05) is 13.3 Å². The van der Waals surface area contributed by atoms with Crippen LogP contribution in [0.1, 0.15) is 40.5 Å². The zero-order valence-electron chi connectivity index (χ0n) is 8.64. The summed E-state index contributed by atoms with van der Waals surface area (Å²) in [7, 11) is 0. The van der Waals surface area contributed by atoms with Gasteiger partial charge in [0.1, 0.15) is 6.73 Å². The van der Waals surface area contributed by atoms with Crippen molar-refractivity contribution in [2.45, 2.75) is 40.5 Å². The van der Waals surface area contributed by atoms with Crippen LogP contribution in [0.2, 0.25) is 0 Å². The molecule has 0 atom stereocenters. The fourth-order valence-electron chi connectivity index (χ4n) is 0.471. The lowest BCUT2D eigenvalue weighted by Gasteiger charge is -2.02. The molecule has 0 saturated carbocycles. The van der Waals surface area contributed by atoms with Gasteiger partial charge < -0.3 is 10.1 Å². The average Bonchev–Trinajstić information content (AvgIpc) is 2.07. The summed E-state index contributed by atoms with van der Waals surface area (Å²) in [6.45, 7) is 8.65. The summed E-state index contributed by atoms with van der Waals surface area (Å²) in [6, 6.07) is 0. The molecule has 12 heavy (non-hydrogen) atoms. The molecule has 1 N–H and O–H groups in total. The molecule has 0 aromatic carbocycles. The molecule has 0 unspecified atom stereocenters. The number of unbranched alkanes of at least 4 members (excludes halogenated alkanes) is 1. The van der Waals surface area contributed by atoms with Gasteiger partial charge >= 0.3 is 0 Å². The molecule has 0 fully saturated rings. The van der Waals surface area contributed by atoms with E-state index < -0.39 is 0 Å². The third-order valence-corrected chi connectivity index (χ3v) is 1.07. The molecule has 74 valence electrons.